The predicted octanol–water partition coefficient (Wildman–Crippen LogP) is 2.94. The van der Waals surface area contributed by atoms with Crippen LogP contribution < -0.4 is 15.4 Å². The highest BCUT2D eigenvalue weighted by Crippen LogP contribution is 2.44. The number of H-pyrrole nitrogens is 1. The summed E-state index contributed by atoms with van der Waals surface area (Å²) in [6, 6.07) is 7.68. The van der Waals surface area contributed by atoms with E-state index in [1.165, 1.54) is 0 Å². The number of nitrogens with one attached hydrogen (secondary N) is 3. The van der Waals surface area contributed by atoms with Crippen molar-refractivity contribution < 1.29 is 28.7 Å². The molecule has 3 aliphatic heterocycles. The normalized spacial score (nSPS) is 22.3. The fraction of sp³-hybridized carbons (Fsp3) is 0.581. The molecule has 1 aromatic heterocycles. The smallest absolute Gasteiger partial charge is 0.410 e. The molecule has 3 fully saturated rings. The molecule has 3 saturated heterocycles. The third-order valence-corrected chi connectivity index (χ3v) is 8.78. The Labute approximate surface area is 251 Å². The molecule has 2 aromatic rings. The van der Waals surface area contributed by atoms with Crippen molar-refractivity contribution in [3.05, 3.63) is 30.0 Å². The molecule has 5 rings (SSSR count). The van der Waals surface area contributed by atoms with Crippen LogP contribution >= 0.6 is 0 Å². The Balaban J connectivity index is 1.37. The third kappa shape index (κ3) is 6.40. The number of amides is 4. The van der Waals surface area contributed by atoms with Gasteiger partial charge in [-0.15, -0.1) is 0 Å². The summed E-state index contributed by atoms with van der Waals surface area (Å²) in [5.41, 5.74) is 0.0839. The van der Waals surface area contributed by atoms with Crippen molar-refractivity contribution in [3.8, 4) is 11.8 Å². The summed E-state index contributed by atoms with van der Waals surface area (Å²) in [5.74, 6) is -0.567. The number of methoxy groups -OCH3 is 1. The number of nitrogens with zero attached hydrogens (tertiary/aromatic N) is 3. The van der Waals surface area contributed by atoms with Gasteiger partial charge in [0.15, 0.2) is 0 Å². The molecule has 3 aliphatic rings. The maximum Gasteiger partial charge on any atom is 0.410 e. The number of benzene rings is 1. The van der Waals surface area contributed by atoms with Crippen LogP contribution in [0.2, 0.25) is 0 Å². The molecule has 4 heterocycles. The molecule has 0 saturated carbocycles. The van der Waals surface area contributed by atoms with Crippen molar-refractivity contribution in [2.45, 2.75) is 70.6 Å². The molecule has 0 aliphatic carbocycles. The lowest BCUT2D eigenvalue weighted by Gasteiger charge is -2.39. The summed E-state index contributed by atoms with van der Waals surface area (Å²) in [4.78, 5) is 59.1. The van der Waals surface area contributed by atoms with Crippen molar-refractivity contribution in [2.24, 2.45) is 11.3 Å². The summed E-state index contributed by atoms with van der Waals surface area (Å²) in [5, 5.41) is 16.2. The third-order valence-electron chi connectivity index (χ3n) is 8.78. The number of carbonyl (C=O) groups excluding carboxylic acids is 4. The van der Waals surface area contributed by atoms with Crippen molar-refractivity contribution in [1.29, 1.82) is 5.26 Å². The molecule has 3 N–H and O–H groups in total. The molecule has 4 amide bonds. The van der Waals surface area contributed by atoms with E-state index in [0.717, 1.165) is 10.9 Å². The number of likely N-dealkylation sites (tertiary alicyclic amines) is 2. The minimum atomic E-state index is -0.860. The van der Waals surface area contributed by atoms with Gasteiger partial charge < -0.3 is 34.9 Å². The number of aromatic nitrogens is 1. The zero-order valence-electron chi connectivity index (χ0n) is 25.2. The number of nitriles is 1. The topological polar surface area (TPSA) is 157 Å². The lowest BCUT2D eigenvalue weighted by molar-refractivity contribution is -0.126. The van der Waals surface area contributed by atoms with E-state index in [0.29, 0.717) is 63.3 Å². The molecule has 1 unspecified atom stereocenters. The Bertz CT molecular complexity index is 1450. The molecule has 0 bridgehead atoms. The zero-order valence-corrected chi connectivity index (χ0v) is 25.2. The highest BCUT2D eigenvalue weighted by molar-refractivity contribution is 6.02. The summed E-state index contributed by atoms with van der Waals surface area (Å²) in [6.45, 7) is 7.27. The van der Waals surface area contributed by atoms with Crippen molar-refractivity contribution >= 4 is 34.7 Å². The van der Waals surface area contributed by atoms with Crippen LogP contribution in [0, 0.1) is 22.7 Å². The van der Waals surface area contributed by atoms with E-state index < -0.39 is 23.6 Å². The second-order valence-corrected chi connectivity index (χ2v) is 12.9. The predicted molar refractivity (Wildman–Crippen MR) is 157 cm³/mol. The van der Waals surface area contributed by atoms with Crippen LogP contribution in [0.15, 0.2) is 24.3 Å². The molecule has 43 heavy (non-hydrogen) atoms. The average molecular weight is 593 g/mol. The van der Waals surface area contributed by atoms with Gasteiger partial charge in [-0.05, 0) is 76.5 Å². The monoisotopic (exact) mass is 592 g/mol. The van der Waals surface area contributed by atoms with Gasteiger partial charge in [0.05, 0.1) is 13.2 Å². The van der Waals surface area contributed by atoms with Gasteiger partial charge in [0.25, 0.3) is 5.91 Å². The Morgan fingerprint density at radius 2 is 1.98 bits per heavy atom. The molecular formula is C31H40N6O6. The van der Waals surface area contributed by atoms with Gasteiger partial charge in [0, 0.05) is 43.0 Å². The van der Waals surface area contributed by atoms with E-state index in [1.807, 2.05) is 39.0 Å². The van der Waals surface area contributed by atoms with Gasteiger partial charge in [-0.1, -0.05) is 6.07 Å². The molecule has 230 valence electrons. The highest BCUT2D eigenvalue weighted by atomic mass is 16.6. The Morgan fingerprint density at radius 1 is 1.23 bits per heavy atom. The first-order valence-electron chi connectivity index (χ1n) is 14.8. The van der Waals surface area contributed by atoms with Gasteiger partial charge in [-0.2, -0.15) is 5.26 Å². The summed E-state index contributed by atoms with van der Waals surface area (Å²) in [6.07, 6.45) is 2.06. The van der Waals surface area contributed by atoms with Crippen molar-refractivity contribution in [2.75, 3.05) is 33.3 Å². The minimum Gasteiger partial charge on any atom is -0.496 e. The lowest BCUT2D eigenvalue weighted by atomic mass is 9.76. The average Bonchev–Trinajstić information content (AvgIpc) is 3.68. The van der Waals surface area contributed by atoms with Crippen LogP contribution in [0.4, 0.5) is 4.79 Å². The van der Waals surface area contributed by atoms with E-state index >= 15 is 0 Å². The molecule has 1 spiro atoms. The molecule has 1 aromatic carbocycles. The minimum absolute atomic E-state index is 0.114. The zero-order chi connectivity index (χ0) is 30.9. The Morgan fingerprint density at radius 3 is 2.60 bits per heavy atom. The maximum atomic E-state index is 14.0. The van der Waals surface area contributed by atoms with E-state index in [-0.39, 0.29) is 35.7 Å². The second kappa shape index (κ2) is 11.8. The molecule has 12 heteroatoms. The standard InChI is InChI=1S/C31H40N6O6/c1-30(2,3)43-29(41)36-12-9-31(10-13-36)16-24(27(39)34-20(17-32)14-19-8-11-33-26(19)38)37(18-31)28(40)23-15-21-22(35-23)6-5-7-25(21)42-4/h5-7,15,19-20,24,35H,8-14,16,18H2,1-4H3,(H,33,38)(H,34,39)/t19-,20-,24?/m0/s1. The highest BCUT2D eigenvalue weighted by Gasteiger charge is 2.51. The molecular weight excluding hydrogens is 552 g/mol. The first kappa shape index (κ1) is 30.2. The van der Waals surface area contributed by atoms with E-state index in [9.17, 15) is 24.4 Å². The van der Waals surface area contributed by atoms with Crippen LogP contribution in [0.25, 0.3) is 10.9 Å². The van der Waals surface area contributed by atoms with Gasteiger partial charge >= 0.3 is 6.09 Å². The van der Waals surface area contributed by atoms with Crippen molar-refractivity contribution in [3.63, 3.8) is 0 Å². The van der Waals surface area contributed by atoms with Crippen LogP contribution in [0.5, 0.6) is 5.75 Å². The first-order chi connectivity index (χ1) is 20.4. The number of ether oxygens (including phenoxy) is 2. The number of fused-ring (bicyclic) bond motifs is 1. The van der Waals surface area contributed by atoms with Gasteiger partial charge in [-0.3, -0.25) is 14.4 Å². The van der Waals surface area contributed by atoms with Gasteiger partial charge in [-0.25, -0.2) is 4.79 Å². The Hall–Kier alpha value is -4.27. The first-order valence-corrected chi connectivity index (χ1v) is 14.8. The van der Waals surface area contributed by atoms with E-state index in [1.54, 1.807) is 23.0 Å². The van der Waals surface area contributed by atoms with E-state index in [2.05, 4.69) is 21.7 Å². The summed E-state index contributed by atoms with van der Waals surface area (Å²) >= 11 is 0. The van der Waals surface area contributed by atoms with Gasteiger partial charge in [0.2, 0.25) is 11.8 Å². The van der Waals surface area contributed by atoms with E-state index in [4.69, 9.17) is 9.47 Å². The lowest BCUT2D eigenvalue weighted by Crippen LogP contribution is -2.49. The number of aromatic amines is 1. The second-order valence-electron chi connectivity index (χ2n) is 12.9. The molecule has 3 atom stereocenters. The van der Waals surface area contributed by atoms with Gasteiger partial charge in [0.1, 0.15) is 29.1 Å². The fourth-order valence-electron chi connectivity index (χ4n) is 6.50. The SMILES string of the molecule is COc1cccc2[nH]c(C(=O)N3CC4(CCN(C(=O)OC(C)(C)C)CC4)CC3C(=O)N[C@H](C#N)C[C@@H]3CCNC3=O)cc12. The van der Waals surface area contributed by atoms with Crippen LogP contribution in [-0.2, 0) is 14.3 Å². The number of rotatable bonds is 6. The number of hydrogen-bond acceptors (Lipinski definition) is 7. The van der Waals surface area contributed by atoms with Crippen LogP contribution in [0.1, 0.15) is 63.4 Å². The van der Waals surface area contributed by atoms with Crippen LogP contribution in [-0.4, -0.2) is 89.6 Å². The summed E-state index contributed by atoms with van der Waals surface area (Å²) in [7, 11) is 1.57. The molecule has 0 radical (unpaired) electrons. The fourth-order valence-corrected chi connectivity index (χ4v) is 6.50. The number of piperidine rings is 1. The molecule has 12 nitrogen and oxygen atoms in total. The quantitative estimate of drug-likeness (QED) is 0.466. The van der Waals surface area contributed by atoms with Crippen LogP contribution in [0.3, 0.4) is 0 Å². The summed E-state index contributed by atoms with van der Waals surface area (Å²) < 4.78 is 11.0. The Kier molecular flexibility index (Phi) is 8.27. The van der Waals surface area contributed by atoms with Crippen molar-refractivity contribution in [1.82, 2.24) is 25.4 Å². The largest absolute Gasteiger partial charge is 0.496 e. The number of hydrogen-bond donors (Lipinski definition) is 3. The maximum absolute atomic E-state index is 14.0. The number of carbonyl (C=O) groups is 4.